The van der Waals surface area contributed by atoms with E-state index < -0.39 is 25.8 Å². The van der Waals surface area contributed by atoms with E-state index in [9.17, 15) is 21.6 Å². The normalized spacial score (nSPS) is 13.8. The fourth-order valence-corrected chi connectivity index (χ4v) is 5.64. The number of rotatable bonds is 6. The molecule has 0 fully saturated rings. The van der Waals surface area contributed by atoms with Crippen LogP contribution in [0.4, 0.5) is 0 Å². The number of carbonyl (C=O) groups excluding carboxylic acids is 1. The van der Waals surface area contributed by atoms with Crippen molar-refractivity contribution in [2.75, 3.05) is 0 Å². The number of carbonyl (C=O) groups is 1. The Balaban J connectivity index is 2.41. The molecule has 0 aliphatic heterocycles. The second kappa shape index (κ2) is 7.56. The van der Waals surface area contributed by atoms with Crippen LogP contribution in [0, 0.1) is 11.8 Å². The van der Waals surface area contributed by atoms with Crippen LogP contribution in [0.2, 0.25) is 0 Å². The number of hydrogen-bond acceptors (Lipinski definition) is 5. The van der Waals surface area contributed by atoms with Gasteiger partial charge < -0.3 is 0 Å². The summed E-state index contributed by atoms with van der Waals surface area (Å²) in [7, 11) is -8.08. The molecular formula is C21H26N2O5S2. The number of ketones is 1. The lowest BCUT2D eigenvalue weighted by molar-refractivity contribution is 0.104. The Morgan fingerprint density at radius 2 is 1.40 bits per heavy atom. The highest BCUT2D eigenvalue weighted by molar-refractivity contribution is 7.89. The van der Waals surface area contributed by atoms with Gasteiger partial charge in [-0.3, -0.25) is 4.79 Å². The lowest BCUT2D eigenvalue weighted by Crippen LogP contribution is -2.21. The summed E-state index contributed by atoms with van der Waals surface area (Å²) in [5.74, 6) is -0.181. The summed E-state index contributed by atoms with van der Waals surface area (Å²) >= 11 is 0. The molecule has 0 spiro atoms. The lowest BCUT2D eigenvalue weighted by atomic mass is 9.89. The fourth-order valence-electron chi connectivity index (χ4n) is 4.06. The maximum Gasteiger partial charge on any atom is 0.238 e. The molecule has 0 heterocycles. The zero-order valence-corrected chi connectivity index (χ0v) is 19.0. The second-order valence-electron chi connectivity index (χ2n) is 8.59. The van der Waals surface area contributed by atoms with E-state index in [0.717, 1.165) is 0 Å². The molecule has 1 aliphatic rings. The maximum absolute atomic E-state index is 13.3. The lowest BCUT2D eigenvalue weighted by Gasteiger charge is -2.20. The first kappa shape index (κ1) is 22.6. The molecule has 9 heteroatoms. The number of fused-ring (bicyclic) bond motifs is 3. The Morgan fingerprint density at radius 3 is 1.90 bits per heavy atom. The maximum atomic E-state index is 13.3. The molecule has 162 valence electrons. The van der Waals surface area contributed by atoms with E-state index in [2.05, 4.69) is 0 Å². The van der Waals surface area contributed by atoms with Gasteiger partial charge >= 0.3 is 0 Å². The highest BCUT2D eigenvalue weighted by Gasteiger charge is 2.35. The Morgan fingerprint density at radius 1 is 0.800 bits per heavy atom. The van der Waals surface area contributed by atoms with Crippen LogP contribution in [0.15, 0.2) is 34.1 Å². The van der Waals surface area contributed by atoms with E-state index in [1.54, 1.807) is 12.1 Å². The molecule has 3 rings (SSSR count). The van der Waals surface area contributed by atoms with Crippen LogP contribution in [0.5, 0.6) is 0 Å². The van der Waals surface area contributed by atoms with Crippen molar-refractivity contribution in [1.82, 2.24) is 0 Å². The van der Waals surface area contributed by atoms with Crippen molar-refractivity contribution in [3.63, 3.8) is 0 Å². The van der Waals surface area contributed by atoms with Crippen LogP contribution in [-0.2, 0) is 32.9 Å². The van der Waals surface area contributed by atoms with Crippen LogP contribution in [0.1, 0.15) is 54.7 Å². The summed E-state index contributed by atoms with van der Waals surface area (Å²) in [6, 6.07) is 5.87. The van der Waals surface area contributed by atoms with Crippen LogP contribution >= 0.6 is 0 Å². The van der Waals surface area contributed by atoms with Crippen molar-refractivity contribution in [2.45, 2.75) is 50.3 Å². The predicted molar refractivity (Wildman–Crippen MR) is 115 cm³/mol. The quantitative estimate of drug-likeness (QED) is 0.594. The molecule has 30 heavy (non-hydrogen) atoms. The van der Waals surface area contributed by atoms with Gasteiger partial charge in [-0.15, -0.1) is 0 Å². The molecule has 2 aromatic carbocycles. The molecular weight excluding hydrogens is 424 g/mol. The molecule has 1 aliphatic carbocycles. The molecule has 0 saturated carbocycles. The van der Waals surface area contributed by atoms with Gasteiger partial charge in [0.1, 0.15) is 0 Å². The van der Waals surface area contributed by atoms with Crippen molar-refractivity contribution in [3.8, 4) is 11.1 Å². The topological polar surface area (TPSA) is 137 Å². The van der Waals surface area contributed by atoms with Gasteiger partial charge in [0.15, 0.2) is 5.78 Å². The van der Waals surface area contributed by atoms with E-state index in [1.807, 2.05) is 27.7 Å². The monoisotopic (exact) mass is 450 g/mol. The number of benzene rings is 2. The molecule has 0 amide bonds. The Hall–Kier alpha value is -2.07. The third-order valence-electron chi connectivity index (χ3n) is 5.06. The van der Waals surface area contributed by atoms with Gasteiger partial charge in [0.2, 0.25) is 20.0 Å². The van der Waals surface area contributed by atoms with Crippen molar-refractivity contribution in [1.29, 1.82) is 0 Å². The minimum atomic E-state index is -4.09. The smallest absolute Gasteiger partial charge is 0.238 e. The minimum absolute atomic E-state index is 0.0106. The standard InChI is InChI=1S/C21H26N2O5S2/c1-11(2)7-13-9-16-15-6-5-14(29(22,25)26)10-17(15)20(24)19(16)18(8-12(3)4)21(13)30(23,27)28/h5-6,9-12H,7-8H2,1-4H3,(H2,22,25,26)(H2,23,27,28). The molecule has 0 atom stereocenters. The van der Waals surface area contributed by atoms with E-state index in [4.69, 9.17) is 10.3 Å². The van der Waals surface area contributed by atoms with Crippen LogP contribution in [-0.4, -0.2) is 22.6 Å². The van der Waals surface area contributed by atoms with Gasteiger partial charge in [-0.1, -0.05) is 33.8 Å². The predicted octanol–water partition coefficient (Wildman–Crippen LogP) is 2.59. The zero-order valence-electron chi connectivity index (χ0n) is 17.4. The molecule has 0 bridgehead atoms. The first-order valence-corrected chi connectivity index (χ1v) is 12.7. The van der Waals surface area contributed by atoms with Crippen molar-refractivity contribution >= 4 is 25.8 Å². The Bertz CT molecular complexity index is 1260. The summed E-state index contributed by atoms with van der Waals surface area (Å²) in [5, 5.41) is 10.8. The summed E-state index contributed by atoms with van der Waals surface area (Å²) < 4.78 is 48.7. The van der Waals surface area contributed by atoms with Crippen molar-refractivity contribution in [2.24, 2.45) is 22.1 Å². The molecule has 4 N–H and O–H groups in total. The Labute approximate surface area is 177 Å². The van der Waals surface area contributed by atoms with Crippen LogP contribution in [0.3, 0.4) is 0 Å². The number of nitrogens with two attached hydrogens (primary N) is 2. The van der Waals surface area contributed by atoms with Gasteiger partial charge in [-0.25, -0.2) is 27.1 Å². The van der Waals surface area contributed by atoms with E-state index in [0.29, 0.717) is 35.1 Å². The van der Waals surface area contributed by atoms with Gasteiger partial charge in [0, 0.05) is 11.1 Å². The van der Waals surface area contributed by atoms with Gasteiger partial charge in [0.05, 0.1) is 9.79 Å². The first-order chi connectivity index (χ1) is 13.7. The number of hydrogen-bond donors (Lipinski definition) is 2. The van der Waals surface area contributed by atoms with Crippen molar-refractivity contribution in [3.05, 3.63) is 46.5 Å². The van der Waals surface area contributed by atoms with Gasteiger partial charge in [0.25, 0.3) is 0 Å². The summed E-state index contributed by atoms with van der Waals surface area (Å²) in [6.45, 7) is 7.81. The first-order valence-electron chi connectivity index (χ1n) is 9.65. The molecule has 0 saturated heterocycles. The third kappa shape index (κ3) is 4.07. The largest absolute Gasteiger partial charge is 0.289 e. The highest BCUT2D eigenvalue weighted by atomic mass is 32.2. The Kier molecular flexibility index (Phi) is 5.70. The van der Waals surface area contributed by atoms with Gasteiger partial charge in [-0.2, -0.15) is 0 Å². The fraction of sp³-hybridized carbons (Fsp3) is 0.381. The minimum Gasteiger partial charge on any atom is -0.289 e. The summed E-state index contributed by atoms with van der Waals surface area (Å²) in [4.78, 5) is 13.2. The molecule has 0 radical (unpaired) electrons. The molecule has 7 nitrogen and oxygen atoms in total. The molecule has 0 unspecified atom stereocenters. The molecule has 0 aromatic heterocycles. The van der Waals surface area contributed by atoms with Gasteiger partial charge in [-0.05, 0) is 65.1 Å². The third-order valence-corrected chi connectivity index (χ3v) is 7.05. The summed E-state index contributed by atoms with van der Waals surface area (Å²) in [6.07, 6.45) is 0.824. The molecule has 2 aromatic rings. The van der Waals surface area contributed by atoms with E-state index >= 15 is 0 Å². The average Bonchev–Trinajstić information content (AvgIpc) is 2.84. The van der Waals surface area contributed by atoms with E-state index in [-0.39, 0.29) is 32.8 Å². The van der Waals surface area contributed by atoms with E-state index in [1.165, 1.54) is 12.1 Å². The number of primary sulfonamides is 2. The second-order valence-corrected chi connectivity index (χ2v) is 11.6. The van der Waals surface area contributed by atoms with Crippen molar-refractivity contribution < 1.29 is 21.6 Å². The highest BCUT2D eigenvalue weighted by Crippen LogP contribution is 2.43. The van der Waals surface area contributed by atoms with Crippen LogP contribution < -0.4 is 10.3 Å². The summed E-state index contributed by atoms with van der Waals surface area (Å²) in [5.41, 5.74) is 2.62. The number of sulfonamides is 2. The average molecular weight is 451 g/mol. The van der Waals surface area contributed by atoms with Crippen LogP contribution in [0.25, 0.3) is 11.1 Å². The SMILES string of the molecule is CC(C)Cc1cc2c(c(CC(C)C)c1S(N)(=O)=O)C(=O)c1cc(S(N)(=O)=O)ccc1-2. The zero-order chi connectivity index (χ0) is 22.6.